The first-order chi connectivity index (χ1) is 7.59. The van der Waals surface area contributed by atoms with Gasteiger partial charge in [-0.25, -0.2) is 4.63 Å². The zero-order chi connectivity index (χ0) is 11.7. The molecule has 1 heterocycles. The molecule has 0 spiro atoms. The molecule has 0 fully saturated rings. The van der Waals surface area contributed by atoms with Crippen LogP contribution in [0.3, 0.4) is 0 Å². The quantitative estimate of drug-likeness (QED) is 0.824. The number of aromatic nitrogens is 2. The number of hydrogen-bond donors (Lipinski definition) is 1. The maximum atomic E-state index is 11.0. The molecule has 2 rings (SSSR count). The van der Waals surface area contributed by atoms with E-state index in [0.29, 0.717) is 16.7 Å². The lowest BCUT2D eigenvalue weighted by Gasteiger charge is -2.13. The third-order valence-electron chi connectivity index (χ3n) is 2.19. The third-order valence-corrected chi connectivity index (χ3v) is 2.19. The average molecular weight is 220 g/mol. The second kappa shape index (κ2) is 3.80. The van der Waals surface area contributed by atoms with Crippen molar-refractivity contribution in [3.8, 4) is 0 Å². The summed E-state index contributed by atoms with van der Waals surface area (Å²) in [5.74, 6) is -0.151. The Kier molecular flexibility index (Phi) is 2.47. The summed E-state index contributed by atoms with van der Waals surface area (Å²) in [5, 5.41) is 10.3. The van der Waals surface area contributed by atoms with Gasteiger partial charge in [-0.1, -0.05) is 0 Å². The molecule has 16 heavy (non-hydrogen) atoms. The van der Waals surface area contributed by atoms with E-state index in [-0.39, 0.29) is 5.91 Å². The summed E-state index contributed by atoms with van der Waals surface area (Å²) in [7, 11) is 3.81. The summed E-state index contributed by atoms with van der Waals surface area (Å²) in [5.41, 5.74) is 2.69. The Morgan fingerprint density at radius 3 is 2.62 bits per heavy atom. The Hall–Kier alpha value is -2.11. The molecule has 0 bridgehead atoms. The van der Waals surface area contributed by atoms with Gasteiger partial charge in [0.2, 0.25) is 5.91 Å². The van der Waals surface area contributed by atoms with Gasteiger partial charge in [-0.3, -0.25) is 4.79 Å². The molecule has 84 valence electrons. The monoisotopic (exact) mass is 220 g/mol. The average Bonchev–Trinajstić information content (AvgIpc) is 2.65. The van der Waals surface area contributed by atoms with Crippen LogP contribution in [0.1, 0.15) is 6.92 Å². The van der Waals surface area contributed by atoms with Gasteiger partial charge in [0.1, 0.15) is 0 Å². The fourth-order valence-electron chi connectivity index (χ4n) is 1.50. The molecule has 0 saturated heterocycles. The minimum atomic E-state index is -0.151. The molecule has 0 radical (unpaired) electrons. The Bertz CT molecular complexity index is 533. The van der Waals surface area contributed by atoms with Gasteiger partial charge in [0.25, 0.3) is 0 Å². The molecule has 1 N–H and O–H groups in total. The van der Waals surface area contributed by atoms with E-state index in [0.717, 1.165) is 5.69 Å². The maximum Gasteiger partial charge on any atom is 0.221 e. The molecule has 0 aliphatic heterocycles. The van der Waals surface area contributed by atoms with Gasteiger partial charge in [-0.15, -0.1) is 0 Å². The van der Waals surface area contributed by atoms with E-state index < -0.39 is 0 Å². The molecule has 2 aromatic rings. The van der Waals surface area contributed by atoms with Crippen LogP contribution in [0.4, 0.5) is 11.4 Å². The van der Waals surface area contributed by atoms with Crippen LogP contribution in [-0.2, 0) is 4.79 Å². The smallest absolute Gasteiger partial charge is 0.221 e. The van der Waals surface area contributed by atoms with Crippen molar-refractivity contribution in [3.05, 3.63) is 12.1 Å². The van der Waals surface area contributed by atoms with Crippen molar-refractivity contribution in [2.24, 2.45) is 0 Å². The van der Waals surface area contributed by atoms with Gasteiger partial charge in [-0.05, 0) is 22.4 Å². The highest BCUT2D eigenvalue weighted by Crippen LogP contribution is 2.28. The van der Waals surface area contributed by atoms with Gasteiger partial charge >= 0.3 is 0 Å². The van der Waals surface area contributed by atoms with E-state index in [4.69, 9.17) is 4.63 Å². The Balaban J connectivity index is 2.59. The van der Waals surface area contributed by atoms with Crippen LogP contribution < -0.4 is 10.2 Å². The topological polar surface area (TPSA) is 71.3 Å². The van der Waals surface area contributed by atoms with Gasteiger partial charge in [0.05, 0.1) is 11.4 Å². The number of fused-ring (bicyclic) bond motifs is 1. The summed E-state index contributed by atoms with van der Waals surface area (Å²) in [6.07, 6.45) is 0. The molecule has 1 aromatic heterocycles. The molecule has 0 unspecified atom stereocenters. The second-order valence-corrected chi connectivity index (χ2v) is 3.67. The predicted molar refractivity (Wildman–Crippen MR) is 60.4 cm³/mol. The number of amides is 1. The molecule has 0 atom stereocenters. The fraction of sp³-hybridized carbons (Fsp3) is 0.300. The number of anilines is 2. The fourth-order valence-corrected chi connectivity index (χ4v) is 1.50. The van der Waals surface area contributed by atoms with Crippen molar-refractivity contribution in [2.45, 2.75) is 6.92 Å². The van der Waals surface area contributed by atoms with E-state index in [9.17, 15) is 4.79 Å². The van der Waals surface area contributed by atoms with Gasteiger partial charge in [0.15, 0.2) is 11.0 Å². The Morgan fingerprint density at radius 2 is 2.00 bits per heavy atom. The zero-order valence-electron chi connectivity index (χ0n) is 9.31. The van der Waals surface area contributed by atoms with Crippen LogP contribution in [0.15, 0.2) is 16.8 Å². The Morgan fingerprint density at radius 1 is 1.31 bits per heavy atom. The molecule has 0 aliphatic rings. The lowest BCUT2D eigenvalue weighted by Crippen LogP contribution is -2.10. The van der Waals surface area contributed by atoms with E-state index in [1.807, 2.05) is 25.1 Å². The number of hydrogen-bond acceptors (Lipinski definition) is 5. The van der Waals surface area contributed by atoms with Gasteiger partial charge in [-0.2, -0.15) is 0 Å². The number of benzene rings is 1. The predicted octanol–water partition coefficient (Wildman–Crippen LogP) is 1.25. The summed E-state index contributed by atoms with van der Waals surface area (Å²) in [6, 6.07) is 3.64. The minimum absolute atomic E-state index is 0.151. The van der Waals surface area contributed by atoms with Crippen LogP contribution >= 0.6 is 0 Å². The number of nitrogens with one attached hydrogen (secondary N) is 1. The second-order valence-electron chi connectivity index (χ2n) is 3.67. The largest absolute Gasteiger partial charge is 0.376 e. The molecule has 6 nitrogen and oxygen atoms in total. The molecule has 1 aromatic carbocycles. The van der Waals surface area contributed by atoms with Crippen molar-refractivity contribution < 1.29 is 9.42 Å². The number of nitrogens with zero attached hydrogens (tertiary/aromatic N) is 3. The highest BCUT2D eigenvalue weighted by molar-refractivity contribution is 6.02. The first-order valence-electron chi connectivity index (χ1n) is 4.80. The normalized spacial score (nSPS) is 10.4. The lowest BCUT2D eigenvalue weighted by atomic mass is 10.2. The Labute approximate surface area is 92.2 Å². The molecule has 0 saturated carbocycles. The van der Waals surface area contributed by atoms with Crippen molar-refractivity contribution in [1.29, 1.82) is 0 Å². The molecule has 6 heteroatoms. The molecule has 0 aliphatic carbocycles. The van der Waals surface area contributed by atoms with Crippen LogP contribution in [-0.4, -0.2) is 30.3 Å². The van der Waals surface area contributed by atoms with Crippen molar-refractivity contribution in [3.63, 3.8) is 0 Å². The number of rotatable bonds is 2. The van der Waals surface area contributed by atoms with E-state index in [1.165, 1.54) is 6.92 Å². The SMILES string of the molecule is CC(=O)Nc1ccc(N(C)C)c2nonc12. The number of carbonyl (C=O) groups excluding carboxylic acids is 1. The standard InChI is InChI=1S/C10H12N4O2/c1-6(15)11-7-4-5-8(14(2)3)10-9(7)12-16-13-10/h4-5H,1-3H3,(H,11,15). The van der Waals surface area contributed by atoms with Gasteiger partial charge in [0, 0.05) is 21.0 Å². The van der Waals surface area contributed by atoms with Crippen molar-refractivity contribution >= 4 is 28.3 Å². The summed E-state index contributed by atoms with van der Waals surface area (Å²) in [6.45, 7) is 1.44. The zero-order valence-corrected chi connectivity index (χ0v) is 9.31. The van der Waals surface area contributed by atoms with Crippen LogP contribution in [0.2, 0.25) is 0 Å². The lowest BCUT2D eigenvalue weighted by molar-refractivity contribution is -0.114. The molecular formula is C10H12N4O2. The first kappa shape index (κ1) is 10.4. The highest BCUT2D eigenvalue weighted by Gasteiger charge is 2.13. The van der Waals surface area contributed by atoms with E-state index >= 15 is 0 Å². The third kappa shape index (κ3) is 1.69. The number of carbonyl (C=O) groups is 1. The first-order valence-corrected chi connectivity index (χ1v) is 4.80. The van der Waals surface area contributed by atoms with Crippen LogP contribution in [0.25, 0.3) is 11.0 Å². The van der Waals surface area contributed by atoms with E-state index in [1.54, 1.807) is 6.07 Å². The van der Waals surface area contributed by atoms with E-state index in [2.05, 4.69) is 15.6 Å². The molecular weight excluding hydrogens is 208 g/mol. The summed E-state index contributed by atoms with van der Waals surface area (Å²) in [4.78, 5) is 12.9. The van der Waals surface area contributed by atoms with Crippen molar-refractivity contribution in [2.75, 3.05) is 24.3 Å². The minimum Gasteiger partial charge on any atom is -0.376 e. The van der Waals surface area contributed by atoms with Crippen LogP contribution in [0, 0.1) is 0 Å². The summed E-state index contributed by atoms with van der Waals surface area (Å²) >= 11 is 0. The van der Waals surface area contributed by atoms with Crippen LogP contribution in [0.5, 0.6) is 0 Å². The molecule has 1 amide bonds. The summed E-state index contributed by atoms with van der Waals surface area (Å²) < 4.78 is 4.70. The van der Waals surface area contributed by atoms with Gasteiger partial charge < -0.3 is 10.2 Å². The maximum absolute atomic E-state index is 11.0. The van der Waals surface area contributed by atoms with Crippen molar-refractivity contribution in [1.82, 2.24) is 10.3 Å². The highest BCUT2D eigenvalue weighted by atomic mass is 16.6.